The highest BCUT2D eigenvalue weighted by molar-refractivity contribution is 7.11. The molecule has 1 aliphatic carbocycles. The van der Waals surface area contributed by atoms with E-state index in [2.05, 4.69) is 4.98 Å². The third-order valence-corrected chi connectivity index (χ3v) is 2.64. The van der Waals surface area contributed by atoms with Crippen molar-refractivity contribution < 1.29 is 0 Å². The van der Waals surface area contributed by atoms with Gasteiger partial charge in [0, 0.05) is 11.3 Å². The Morgan fingerprint density at radius 3 is 2.91 bits per heavy atom. The van der Waals surface area contributed by atoms with Crippen LogP contribution in [0.25, 0.3) is 0 Å². The fourth-order valence-electron chi connectivity index (χ4n) is 0.976. The van der Waals surface area contributed by atoms with E-state index in [4.69, 9.17) is 11.1 Å². The molecule has 11 heavy (non-hydrogen) atoms. The maximum atomic E-state index is 7.14. The Labute approximate surface area is 68.8 Å². The molecule has 2 rings (SSSR count). The molecule has 0 aromatic carbocycles. The van der Waals surface area contributed by atoms with Gasteiger partial charge in [-0.3, -0.25) is 5.41 Å². The summed E-state index contributed by atoms with van der Waals surface area (Å²) < 4.78 is 0. The van der Waals surface area contributed by atoms with Gasteiger partial charge in [0.15, 0.2) is 10.8 Å². The lowest BCUT2D eigenvalue weighted by Crippen LogP contribution is -2.10. The van der Waals surface area contributed by atoms with Gasteiger partial charge in [-0.15, -0.1) is 11.3 Å². The smallest absolute Gasteiger partial charge is 0.158 e. The van der Waals surface area contributed by atoms with E-state index in [1.165, 1.54) is 24.2 Å². The van der Waals surface area contributed by atoms with E-state index >= 15 is 0 Å². The number of hydrogen-bond donors (Lipinski definition) is 2. The van der Waals surface area contributed by atoms with Crippen molar-refractivity contribution in [1.29, 1.82) is 5.41 Å². The number of nitrogen functional groups attached to an aromatic ring is 1. The van der Waals surface area contributed by atoms with Gasteiger partial charge in [0.1, 0.15) is 0 Å². The van der Waals surface area contributed by atoms with Crippen LogP contribution in [-0.2, 0) is 0 Å². The Kier molecular flexibility index (Phi) is 1.42. The van der Waals surface area contributed by atoms with Crippen molar-refractivity contribution in [2.75, 3.05) is 0 Å². The summed E-state index contributed by atoms with van der Waals surface area (Å²) >= 11 is 1.47. The highest BCUT2D eigenvalue weighted by atomic mass is 32.1. The van der Waals surface area contributed by atoms with E-state index in [1.807, 2.05) is 5.38 Å². The number of amidine groups is 1. The summed E-state index contributed by atoms with van der Waals surface area (Å²) in [7, 11) is 0. The Morgan fingerprint density at radius 1 is 1.73 bits per heavy atom. The first-order valence-electron chi connectivity index (χ1n) is 3.57. The second-order valence-corrected chi connectivity index (χ2v) is 3.62. The van der Waals surface area contributed by atoms with Crippen molar-refractivity contribution >= 4 is 17.2 Å². The summed E-state index contributed by atoms with van der Waals surface area (Å²) in [6.07, 6.45) is 2.50. The van der Waals surface area contributed by atoms with Gasteiger partial charge in [0.2, 0.25) is 0 Å². The van der Waals surface area contributed by atoms with E-state index in [1.54, 1.807) is 0 Å². The monoisotopic (exact) mass is 167 g/mol. The lowest BCUT2D eigenvalue weighted by molar-refractivity contribution is 1.04. The highest BCUT2D eigenvalue weighted by Gasteiger charge is 2.26. The molecule has 1 heterocycles. The van der Waals surface area contributed by atoms with Gasteiger partial charge in [-0.25, -0.2) is 4.98 Å². The van der Waals surface area contributed by atoms with Gasteiger partial charge in [-0.2, -0.15) is 0 Å². The van der Waals surface area contributed by atoms with Gasteiger partial charge < -0.3 is 5.73 Å². The van der Waals surface area contributed by atoms with Gasteiger partial charge in [0.05, 0.1) is 5.69 Å². The van der Waals surface area contributed by atoms with Crippen LogP contribution in [0.15, 0.2) is 5.38 Å². The molecule has 1 aliphatic rings. The van der Waals surface area contributed by atoms with E-state index in [9.17, 15) is 0 Å². The minimum Gasteiger partial charge on any atom is -0.382 e. The van der Waals surface area contributed by atoms with Crippen LogP contribution in [0.3, 0.4) is 0 Å². The Balaban J connectivity index is 2.25. The summed E-state index contributed by atoms with van der Waals surface area (Å²) in [6, 6.07) is 0. The minimum atomic E-state index is 0.0851. The molecule has 0 unspecified atom stereocenters. The van der Waals surface area contributed by atoms with Crippen LogP contribution in [-0.4, -0.2) is 10.8 Å². The second kappa shape index (κ2) is 2.30. The summed E-state index contributed by atoms with van der Waals surface area (Å²) in [4.78, 5) is 4.24. The summed E-state index contributed by atoms with van der Waals surface area (Å²) in [5.41, 5.74) is 6.40. The first-order chi connectivity index (χ1) is 5.27. The Hall–Kier alpha value is -0.900. The van der Waals surface area contributed by atoms with Crippen LogP contribution in [0.5, 0.6) is 0 Å². The first-order valence-corrected chi connectivity index (χ1v) is 4.45. The average molecular weight is 167 g/mol. The van der Waals surface area contributed by atoms with Crippen molar-refractivity contribution in [3.05, 3.63) is 16.1 Å². The van der Waals surface area contributed by atoms with Gasteiger partial charge in [-0.05, 0) is 12.8 Å². The van der Waals surface area contributed by atoms with Crippen LogP contribution in [0.1, 0.15) is 29.5 Å². The first kappa shape index (κ1) is 6.79. The van der Waals surface area contributed by atoms with Crippen molar-refractivity contribution in [3.8, 4) is 0 Å². The molecule has 0 radical (unpaired) electrons. The molecule has 0 saturated heterocycles. The van der Waals surface area contributed by atoms with Gasteiger partial charge in [-0.1, -0.05) is 0 Å². The SMILES string of the molecule is N=C(N)c1nc(C2CC2)cs1. The largest absolute Gasteiger partial charge is 0.382 e. The zero-order valence-corrected chi connectivity index (χ0v) is 6.82. The maximum Gasteiger partial charge on any atom is 0.158 e. The molecule has 1 aromatic rings. The molecule has 1 fully saturated rings. The number of nitrogens with one attached hydrogen (secondary N) is 1. The molecular weight excluding hydrogens is 158 g/mol. The van der Waals surface area contributed by atoms with Crippen LogP contribution in [0.4, 0.5) is 0 Å². The normalized spacial score (nSPS) is 16.7. The summed E-state index contributed by atoms with van der Waals surface area (Å²) in [6.45, 7) is 0. The number of nitrogens with two attached hydrogens (primary N) is 1. The van der Waals surface area contributed by atoms with Gasteiger partial charge >= 0.3 is 0 Å². The predicted octanol–water partition coefficient (Wildman–Crippen LogP) is 1.30. The minimum absolute atomic E-state index is 0.0851. The third kappa shape index (κ3) is 1.26. The molecule has 1 saturated carbocycles. The molecule has 3 N–H and O–H groups in total. The molecule has 0 bridgehead atoms. The number of aromatic nitrogens is 1. The highest BCUT2D eigenvalue weighted by Crippen LogP contribution is 2.39. The molecule has 1 aromatic heterocycles. The molecule has 0 atom stereocenters. The number of hydrogen-bond acceptors (Lipinski definition) is 3. The fraction of sp³-hybridized carbons (Fsp3) is 0.429. The lowest BCUT2D eigenvalue weighted by atomic mass is 10.3. The third-order valence-electron chi connectivity index (χ3n) is 1.75. The van der Waals surface area contributed by atoms with Crippen LogP contribution >= 0.6 is 11.3 Å². The van der Waals surface area contributed by atoms with Crippen molar-refractivity contribution in [2.24, 2.45) is 5.73 Å². The predicted molar refractivity (Wildman–Crippen MR) is 45.1 cm³/mol. The van der Waals surface area contributed by atoms with E-state index in [0.29, 0.717) is 10.9 Å². The van der Waals surface area contributed by atoms with Crippen molar-refractivity contribution in [2.45, 2.75) is 18.8 Å². The number of rotatable bonds is 2. The molecule has 0 spiro atoms. The Bertz CT molecular complexity index is 288. The quantitative estimate of drug-likeness (QED) is 0.515. The molecule has 0 amide bonds. The summed E-state index contributed by atoms with van der Waals surface area (Å²) in [5, 5.41) is 9.80. The number of thiazole rings is 1. The van der Waals surface area contributed by atoms with Crippen LogP contribution in [0, 0.1) is 5.41 Å². The fourth-order valence-corrected chi connectivity index (χ4v) is 1.74. The molecule has 0 aliphatic heterocycles. The number of nitrogens with zero attached hydrogens (tertiary/aromatic N) is 1. The van der Waals surface area contributed by atoms with E-state index < -0.39 is 0 Å². The Morgan fingerprint density at radius 2 is 2.45 bits per heavy atom. The molecule has 3 nitrogen and oxygen atoms in total. The van der Waals surface area contributed by atoms with E-state index in [-0.39, 0.29) is 5.84 Å². The van der Waals surface area contributed by atoms with Crippen LogP contribution < -0.4 is 5.73 Å². The summed E-state index contributed by atoms with van der Waals surface area (Å²) in [5.74, 6) is 0.751. The zero-order valence-electron chi connectivity index (χ0n) is 6.00. The van der Waals surface area contributed by atoms with Gasteiger partial charge in [0.25, 0.3) is 0 Å². The standard InChI is InChI=1S/C7H9N3S/c8-6(9)7-10-5(3-11-7)4-1-2-4/h3-4H,1-2H2,(H3,8,9). The van der Waals surface area contributed by atoms with Crippen molar-refractivity contribution in [1.82, 2.24) is 4.98 Å². The lowest BCUT2D eigenvalue weighted by Gasteiger charge is -1.87. The topological polar surface area (TPSA) is 62.8 Å². The van der Waals surface area contributed by atoms with Crippen LogP contribution in [0.2, 0.25) is 0 Å². The molecule has 4 heteroatoms. The average Bonchev–Trinajstić information content (AvgIpc) is 2.68. The zero-order chi connectivity index (χ0) is 7.84. The second-order valence-electron chi connectivity index (χ2n) is 2.77. The molecule has 58 valence electrons. The van der Waals surface area contributed by atoms with E-state index in [0.717, 1.165) is 5.69 Å². The maximum absolute atomic E-state index is 7.14. The van der Waals surface area contributed by atoms with Crippen molar-refractivity contribution in [3.63, 3.8) is 0 Å². The molecular formula is C7H9N3S.